The number of thioether (sulfide) groups is 1. The Morgan fingerprint density at radius 3 is 2.59 bits per heavy atom. The van der Waals surface area contributed by atoms with Crippen LogP contribution in [0.1, 0.15) is 20.8 Å². The first-order valence-corrected chi connectivity index (χ1v) is 7.02. The Morgan fingerprint density at radius 2 is 2.00 bits per heavy atom. The predicted octanol–water partition coefficient (Wildman–Crippen LogP) is 3.00. The summed E-state index contributed by atoms with van der Waals surface area (Å²) in [5.41, 5.74) is 7.05. The third kappa shape index (κ3) is 5.91. The van der Waals surface area contributed by atoms with Crippen LogP contribution in [0.15, 0.2) is 29.2 Å². The lowest BCUT2D eigenvalue weighted by Crippen LogP contribution is -2.50. The van der Waals surface area contributed by atoms with Crippen molar-refractivity contribution in [1.82, 2.24) is 10.9 Å². The maximum Gasteiger partial charge on any atom is 0.185 e. The molecule has 0 aliphatic rings. The molecule has 0 atom stereocenters. The highest BCUT2D eigenvalue weighted by atomic mass is 32.2. The summed E-state index contributed by atoms with van der Waals surface area (Å²) >= 11 is 6.90. The van der Waals surface area contributed by atoms with Gasteiger partial charge in [0.15, 0.2) is 5.11 Å². The summed E-state index contributed by atoms with van der Waals surface area (Å²) in [6.07, 6.45) is 2.05. The summed E-state index contributed by atoms with van der Waals surface area (Å²) in [6, 6.07) is 8.13. The molecule has 1 aromatic rings. The minimum absolute atomic E-state index is 0.0210. The van der Waals surface area contributed by atoms with Crippen LogP contribution in [0.5, 0.6) is 0 Å². The molecule has 1 aromatic carbocycles. The van der Waals surface area contributed by atoms with E-state index in [0.717, 1.165) is 5.69 Å². The Bertz CT molecular complexity index is 386. The van der Waals surface area contributed by atoms with Crippen LogP contribution in [0.25, 0.3) is 0 Å². The quantitative estimate of drug-likeness (QED) is 0.447. The highest BCUT2D eigenvalue weighted by molar-refractivity contribution is 7.98. The zero-order valence-corrected chi connectivity index (χ0v) is 12.3. The van der Waals surface area contributed by atoms with E-state index in [9.17, 15) is 0 Å². The first kappa shape index (κ1) is 14.3. The number of hydrogen-bond acceptors (Lipinski definition) is 3. The summed E-state index contributed by atoms with van der Waals surface area (Å²) in [7, 11) is 0. The lowest BCUT2D eigenvalue weighted by atomic mass is 10.1. The molecule has 0 bridgehead atoms. The van der Waals surface area contributed by atoms with E-state index in [1.54, 1.807) is 11.8 Å². The van der Waals surface area contributed by atoms with E-state index in [2.05, 4.69) is 55.3 Å². The number of rotatable bonds is 3. The summed E-state index contributed by atoms with van der Waals surface area (Å²) in [6.45, 7) is 6.20. The van der Waals surface area contributed by atoms with Crippen LogP contribution < -0.4 is 16.2 Å². The lowest BCUT2D eigenvalue weighted by Gasteiger charge is -2.22. The van der Waals surface area contributed by atoms with Crippen molar-refractivity contribution in [2.75, 3.05) is 11.6 Å². The molecule has 0 aliphatic heterocycles. The topological polar surface area (TPSA) is 36.1 Å². The number of hydrogen-bond donors (Lipinski definition) is 3. The molecule has 5 heteroatoms. The fourth-order valence-electron chi connectivity index (χ4n) is 1.11. The molecule has 3 nitrogen and oxygen atoms in total. The minimum atomic E-state index is -0.0210. The van der Waals surface area contributed by atoms with Gasteiger partial charge >= 0.3 is 0 Å². The number of nitrogens with one attached hydrogen (secondary N) is 3. The van der Waals surface area contributed by atoms with Gasteiger partial charge in [0.05, 0.1) is 0 Å². The Labute approximate surface area is 113 Å². The molecule has 0 aromatic heterocycles. The van der Waals surface area contributed by atoms with E-state index in [1.807, 2.05) is 12.1 Å². The van der Waals surface area contributed by atoms with E-state index >= 15 is 0 Å². The Hall–Kier alpha value is -0.780. The second kappa shape index (κ2) is 6.23. The van der Waals surface area contributed by atoms with Gasteiger partial charge in [-0.25, -0.2) is 5.43 Å². The molecule has 3 N–H and O–H groups in total. The second-order valence-electron chi connectivity index (χ2n) is 4.69. The standard InChI is InChI=1S/C12H19N3S2/c1-12(2,3)15-14-11(16)13-9-6-5-7-10(8-9)17-4/h5-8,15H,1-4H3,(H2,13,14,16). The van der Waals surface area contributed by atoms with Crippen molar-refractivity contribution in [1.29, 1.82) is 0 Å². The molecule has 94 valence electrons. The van der Waals surface area contributed by atoms with Crippen molar-refractivity contribution in [3.8, 4) is 0 Å². The molecule has 0 spiro atoms. The third-order valence-electron chi connectivity index (χ3n) is 1.88. The first-order chi connectivity index (χ1) is 7.90. The van der Waals surface area contributed by atoms with Gasteiger partial charge in [-0.05, 0) is 57.4 Å². The van der Waals surface area contributed by atoms with Crippen LogP contribution in [0, 0.1) is 0 Å². The molecular weight excluding hydrogens is 250 g/mol. The van der Waals surface area contributed by atoms with E-state index in [0.29, 0.717) is 5.11 Å². The van der Waals surface area contributed by atoms with Crippen LogP contribution in [0.2, 0.25) is 0 Å². The lowest BCUT2D eigenvalue weighted by molar-refractivity contribution is 0.405. The number of thiocarbonyl (C=S) groups is 1. The average Bonchev–Trinajstić information content (AvgIpc) is 2.26. The SMILES string of the molecule is CSc1cccc(NC(=S)NNC(C)(C)C)c1. The van der Waals surface area contributed by atoms with Crippen LogP contribution in [0.4, 0.5) is 5.69 Å². The van der Waals surface area contributed by atoms with Gasteiger partial charge in [0.1, 0.15) is 0 Å². The number of benzene rings is 1. The van der Waals surface area contributed by atoms with Crippen LogP contribution in [-0.4, -0.2) is 16.9 Å². The summed E-state index contributed by atoms with van der Waals surface area (Å²) < 4.78 is 0. The van der Waals surface area contributed by atoms with Crippen molar-refractivity contribution in [3.05, 3.63) is 24.3 Å². The third-order valence-corrected chi connectivity index (χ3v) is 2.81. The van der Waals surface area contributed by atoms with Gasteiger partial charge in [0, 0.05) is 16.1 Å². The molecule has 0 unspecified atom stereocenters. The second-order valence-corrected chi connectivity index (χ2v) is 5.97. The molecule has 0 saturated carbocycles. The normalized spacial score (nSPS) is 11.1. The summed E-state index contributed by atoms with van der Waals surface area (Å²) in [5.74, 6) is 0. The van der Waals surface area contributed by atoms with Gasteiger partial charge in [-0.15, -0.1) is 11.8 Å². The Balaban J connectivity index is 2.50. The van der Waals surface area contributed by atoms with Crippen LogP contribution in [-0.2, 0) is 0 Å². The van der Waals surface area contributed by atoms with Crippen molar-refractivity contribution < 1.29 is 0 Å². The molecule has 0 heterocycles. The largest absolute Gasteiger partial charge is 0.332 e. The van der Waals surface area contributed by atoms with E-state index in [-0.39, 0.29) is 5.54 Å². The molecule has 0 amide bonds. The Morgan fingerprint density at radius 1 is 1.29 bits per heavy atom. The molecule has 0 saturated heterocycles. The maximum absolute atomic E-state index is 5.19. The van der Waals surface area contributed by atoms with E-state index < -0.39 is 0 Å². The van der Waals surface area contributed by atoms with E-state index in [1.165, 1.54) is 4.90 Å². The van der Waals surface area contributed by atoms with Crippen molar-refractivity contribution in [2.45, 2.75) is 31.2 Å². The van der Waals surface area contributed by atoms with Crippen LogP contribution in [0.3, 0.4) is 0 Å². The fourth-order valence-corrected chi connectivity index (χ4v) is 1.74. The van der Waals surface area contributed by atoms with Gasteiger partial charge in [0.2, 0.25) is 0 Å². The monoisotopic (exact) mass is 269 g/mol. The molecule has 1 rings (SSSR count). The van der Waals surface area contributed by atoms with Gasteiger partial charge in [-0.1, -0.05) is 6.07 Å². The number of hydrazine groups is 1. The van der Waals surface area contributed by atoms with Gasteiger partial charge < -0.3 is 5.32 Å². The zero-order chi connectivity index (χ0) is 12.9. The molecule has 17 heavy (non-hydrogen) atoms. The molecular formula is C12H19N3S2. The number of anilines is 1. The smallest absolute Gasteiger partial charge is 0.185 e. The minimum Gasteiger partial charge on any atom is -0.332 e. The molecule has 0 aliphatic carbocycles. The molecule has 0 fully saturated rings. The predicted molar refractivity (Wildman–Crippen MR) is 80.5 cm³/mol. The fraction of sp³-hybridized carbons (Fsp3) is 0.417. The summed E-state index contributed by atoms with van der Waals surface area (Å²) in [5, 5.41) is 3.70. The van der Waals surface area contributed by atoms with Gasteiger partial charge in [-0.2, -0.15) is 0 Å². The zero-order valence-electron chi connectivity index (χ0n) is 10.6. The Kier molecular flexibility index (Phi) is 5.24. The van der Waals surface area contributed by atoms with Crippen molar-refractivity contribution >= 4 is 34.8 Å². The van der Waals surface area contributed by atoms with Gasteiger partial charge in [-0.3, -0.25) is 5.43 Å². The molecule has 0 radical (unpaired) electrons. The first-order valence-electron chi connectivity index (χ1n) is 5.39. The highest BCUT2D eigenvalue weighted by Gasteiger charge is 2.08. The van der Waals surface area contributed by atoms with Crippen molar-refractivity contribution in [3.63, 3.8) is 0 Å². The van der Waals surface area contributed by atoms with E-state index in [4.69, 9.17) is 12.2 Å². The maximum atomic E-state index is 5.19. The van der Waals surface area contributed by atoms with Gasteiger partial charge in [0.25, 0.3) is 0 Å². The highest BCUT2D eigenvalue weighted by Crippen LogP contribution is 2.18. The average molecular weight is 269 g/mol. The van der Waals surface area contributed by atoms with Crippen molar-refractivity contribution in [2.24, 2.45) is 0 Å². The van der Waals surface area contributed by atoms with Crippen LogP contribution >= 0.6 is 24.0 Å². The summed E-state index contributed by atoms with van der Waals surface area (Å²) in [4.78, 5) is 1.21.